The van der Waals surface area contributed by atoms with E-state index in [4.69, 9.17) is 0 Å². The van der Waals surface area contributed by atoms with Crippen molar-refractivity contribution in [1.82, 2.24) is 4.40 Å². The fourth-order valence-corrected chi connectivity index (χ4v) is 18.9. The molecule has 0 radical (unpaired) electrons. The lowest BCUT2D eigenvalue weighted by Crippen LogP contribution is -2.61. The van der Waals surface area contributed by atoms with Gasteiger partial charge < -0.3 is 33.8 Å². The van der Waals surface area contributed by atoms with Gasteiger partial charge in [0, 0.05) is 124 Å². The Morgan fingerprint density at radius 2 is 0.470 bits per heavy atom. The van der Waals surface area contributed by atoms with Gasteiger partial charge in [-0.15, -0.1) is 0 Å². The van der Waals surface area contributed by atoms with Gasteiger partial charge in [-0.1, -0.05) is 188 Å². The van der Waals surface area contributed by atoms with Crippen LogP contribution in [0.1, 0.15) is 0 Å². The summed E-state index contributed by atoms with van der Waals surface area (Å²) >= 11 is 0. The highest BCUT2D eigenvalue weighted by Crippen LogP contribution is 2.53. The summed E-state index contributed by atoms with van der Waals surface area (Å²) in [5.41, 5.74) is 36.2. The van der Waals surface area contributed by atoms with Crippen LogP contribution in [0.15, 0.2) is 340 Å². The third kappa shape index (κ3) is 7.15. The van der Waals surface area contributed by atoms with Crippen LogP contribution >= 0.6 is 0 Å². The zero-order valence-electron chi connectivity index (χ0n) is 54.2. The van der Waals surface area contributed by atoms with E-state index in [0.29, 0.717) is 0 Å². The number of anilines is 18. The normalized spacial score (nSPS) is 14.0. The van der Waals surface area contributed by atoms with Crippen molar-refractivity contribution in [3.05, 3.63) is 340 Å². The summed E-state index contributed by atoms with van der Waals surface area (Å²) in [6, 6.07) is 128. The second-order valence-electron chi connectivity index (χ2n) is 27.4. The van der Waals surface area contributed by atoms with E-state index >= 15 is 0 Å². The Hall–Kier alpha value is -12.9. The summed E-state index contributed by atoms with van der Waals surface area (Å²) in [6.45, 7) is -0.352. The Kier molecular flexibility index (Phi) is 11.0. The first-order valence-electron chi connectivity index (χ1n) is 34.9. The number of aromatic nitrogens is 1. The van der Waals surface area contributed by atoms with Gasteiger partial charge in [-0.2, -0.15) is 0 Å². The molecule has 0 aliphatic carbocycles. The van der Waals surface area contributed by atoms with Gasteiger partial charge in [-0.05, 0) is 201 Å². The molecule has 0 amide bonds. The standard InChI is InChI=1S/C90H56B3N7/c1-7-28-57(29-8-1)94-71-43-22-19-40-66(71)91-69-52-63-64-53-84-89(93-68-42-21-24-45-73(68)96(59-32-11-3-12-33-59)78-50-27-51-79(88(78)93)99(84)62-38-17-6-18-39-62)85-65-54-82-70(55-80(65)100(90(64)85)81(63)56-83(69)98(61-36-15-5-16-37-61)77-49-26-46-74(94)86(77)91)92-67-41-20-23-44-72(67)95(58-30-9-2-10-31-58)75-47-25-48-76(87(75)92)97(82)60-34-13-4-14-35-60/h1-56H. The van der Waals surface area contributed by atoms with E-state index in [1.165, 1.54) is 156 Å². The molecule has 0 N–H and O–H groups in total. The van der Waals surface area contributed by atoms with Crippen LogP contribution in [0.25, 0.3) is 38.1 Å². The predicted octanol–water partition coefficient (Wildman–Crippen LogP) is 17.1. The van der Waals surface area contributed by atoms with Crippen LogP contribution in [0.5, 0.6) is 0 Å². The van der Waals surface area contributed by atoms with Gasteiger partial charge in [0.05, 0.1) is 16.6 Å². The maximum absolute atomic E-state index is 2.72. The fourth-order valence-electron chi connectivity index (χ4n) is 18.9. The summed E-state index contributed by atoms with van der Waals surface area (Å²) in [5, 5.41) is 4.95. The van der Waals surface area contributed by atoms with Gasteiger partial charge in [0.25, 0.3) is 20.1 Å². The highest BCUT2D eigenvalue weighted by Gasteiger charge is 2.49. The van der Waals surface area contributed by atoms with Crippen LogP contribution in [-0.2, 0) is 0 Å². The van der Waals surface area contributed by atoms with Gasteiger partial charge in [-0.3, -0.25) is 0 Å². The molecular weight excluding hydrogens is 1210 g/mol. The number of nitrogens with zero attached hydrogens (tertiary/aromatic N) is 7. The summed E-state index contributed by atoms with van der Waals surface area (Å²) in [4.78, 5) is 15.3. The highest BCUT2D eigenvalue weighted by atomic mass is 15.2. The molecule has 100 heavy (non-hydrogen) atoms. The first kappa shape index (κ1) is 54.2. The lowest BCUT2D eigenvalue weighted by atomic mass is 9.32. The molecule has 15 aromatic carbocycles. The van der Waals surface area contributed by atoms with Crippen molar-refractivity contribution in [1.29, 1.82) is 0 Å². The van der Waals surface area contributed by atoms with E-state index in [0.717, 1.165) is 34.1 Å². The fraction of sp³-hybridized carbons (Fsp3) is 0. The third-order valence-electron chi connectivity index (χ3n) is 22.6. The molecule has 8 heterocycles. The van der Waals surface area contributed by atoms with Crippen molar-refractivity contribution in [2.75, 3.05) is 29.4 Å². The molecular formula is C90H56B3N7. The van der Waals surface area contributed by atoms with E-state index < -0.39 is 0 Å². The van der Waals surface area contributed by atoms with Gasteiger partial charge >= 0.3 is 0 Å². The molecule has 2 aromatic heterocycles. The lowest BCUT2D eigenvalue weighted by molar-refractivity contribution is 1.25. The number of benzene rings is 15. The minimum atomic E-state index is -0.158. The molecule has 0 saturated carbocycles. The molecule has 7 nitrogen and oxygen atoms in total. The Bertz CT molecular complexity index is 6290. The molecule has 6 aliphatic heterocycles. The minimum absolute atomic E-state index is 0.0862. The van der Waals surface area contributed by atoms with Gasteiger partial charge in [0.15, 0.2) is 0 Å². The molecule has 0 fully saturated rings. The Balaban J connectivity index is 0.892. The van der Waals surface area contributed by atoms with Crippen LogP contribution < -0.4 is 78.6 Å². The average Bonchev–Trinajstić information content (AvgIpc) is 1.44. The molecule has 17 aromatic rings. The van der Waals surface area contributed by atoms with Crippen molar-refractivity contribution in [3.63, 3.8) is 0 Å². The van der Waals surface area contributed by atoms with Gasteiger partial charge in [0.1, 0.15) is 0 Å². The smallest absolute Gasteiger partial charge is 0.253 e. The number of hydrogen-bond donors (Lipinski definition) is 0. The van der Waals surface area contributed by atoms with Crippen molar-refractivity contribution >= 4 is 210 Å². The monoisotopic (exact) mass is 1270 g/mol. The number of hydrogen-bond acceptors (Lipinski definition) is 6. The zero-order valence-corrected chi connectivity index (χ0v) is 54.2. The van der Waals surface area contributed by atoms with E-state index in [1.807, 2.05) is 0 Å². The van der Waals surface area contributed by atoms with E-state index in [-0.39, 0.29) is 20.1 Å². The van der Waals surface area contributed by atoms with Crippen LogP contribution in [0.4, 0.5) is 102 Å². The molecule has 10 heteroatoms. The molecule has 0 spiro atoms. The molecule has 0 saturated heterocycles. The van der Waals surface area contributed by atoms with Crippen molar-refractivity contribution in [3.8, 4) is 0 Å². The van der Waals surface area contributed by atoms with E-state index in [1.54, 1.807) is 0 Å². The van der Waals surface area contributed by atoms with Crippen molar-refractivity contribution in [2.24, 2.45) is 0 Å². The predicted molar refractivity (Wildman–Crippen MR) is 423 cm³/mol. The summed E-state index contributed by atoms with van der Waals surface area (Å²) in [5.74, 6) is 0. The molecule has 6 aliphatic rings. The number of para-hydroxylation sites is 9. The lowest BCUT2D eigenvalue weighted by Gasteiger charge is -2.44. The first-order chi connectivity index (χ1) is 49.7. The second kappa shape index (κ2) is 20.3. The van der Waals surface area contributed by atoms with Crippen LogP contribution in [-0.4, -0.2) is 24.5 Å². The average molecular weight is 1270 g/mol. The largest absolute Gasteiger partial charge is 0.311 e. The van der Waals surface area contributed by atoms with E-state index in [2.05, 4.69) is 374 Å². The Morgan fingerprint density at radius 1 is 0.180 bits per heavy atom. The maximum Gasteiger partial charge on any atom is 0.253 e. The first-order valence-corrected chi connectivity index (χ1v) is 34.9. The zero-order chi connectivity index (χ0) is 65.0. The summed E-state index contributed by atoms with van der Waals surface area (Å²) in [6.07, 6.45) is 0. The highest BCUT2D eigenvalue weighted by molar-refractivity contribution is 7.03. The van der Waals surface area contributed by atoms with Crippen LogP contribution in [0.2, 0.25) is 0 Å². The molecule has 0 unspecified atom stereocenters. The molecule has 460 valence electrons. The quantitative estimate of drug-likeness (QED) is 0.154. The Morgan fingerprint density at radius 3 is 0.870 bits per heavy atom. The van der Waals surface area contributed by atoms with Gasteiger partial charge in [0.2, 0.25) is 0 Å². The van der Waals surface area contributed by atoms with Crippen LogP contribution in [0, 0.1) is 0 Å². The molecule has 0 atom stereocenters. The number of fused-ring (bicyclic) bond motifs is 19. The summed E-state index contributed by atoms with van der Waals surface area (Å²) in [7, 11) is 0. The molecule has 23 rings (SSSR count). The summed E-state index contributed by atoms with van der Waals surface area (Å²) < 4.78 is 2.72. The SMILES string of the molecule is c1ccc(N2c3ccccc3B3c4cc5c(cc4N(c4ccccc4)c4cccc2c43)c2c3c(cc4c6cc7c(cc6n5c42)N(c2ccccc2)c2cccc4c2B7c2ccccc2N4c2ccccc2)N(c2ccccc2)c2cccc4c2B3c2ccccc2N4c2ccccc2)cc1. The topological polar surface area (TPSA) is 23.9 Å². The Labute approximate surface area is 579 Å². The third-order valence-corrected chi connectivity index (χ3v) is 22.6. The molecule has 0 bridgehead atoms. The maximum atomic E-state index is 2.72. The van der Waals surface area contributed by atoms with Gasteiger partial charge in [-0.25, -0.2) is 0 Å². The minimum Gasteiger partial charge on any atom is -0.311 e. The van der Waals surface area contributed by atoms with Crippen molar-refractivity contribution in [2.45, 2.75) is 0 Å². The number of rotatable bonds is 6. The van der Waals surface area contributed by atoms with Crippen LogP contribution in [0.3, 0.4) is 0 Å². The second-order valence-corrected chi connectivity index (χ2v) is 27.4. The van der Waals surface area contributed by atoms with E-state index in [9.17, 15) is 0 Å². The van der Waals surface area contributed by atoms with Crippen molar-refractivity contribution < 1.29 is 0 Å².